The van der Waals surface area contributed by atoms with Crippen molar-refractivity contribution in [2.75, 3.05) is 20.1 Å². The van der Waals surface area contributed by atoms with Crippen LogP contribution in [0.1, 0.15) is 11.1 Å². The molecule has 27 heavy (non-hydrogen) atoms. The molecule has 0 unspecified atom stereocenters. The van der Waals surface area contributed by atoms with Crippen LogP contribution in [0.2, 0.25) is 0 Å². The largest absolute Gasteiger partial charge is 0.355 e. The van der Waals surface area contributed by atoms with E-state index in [0.29, 0.717) is 11.1 Å². The van der Waals surface area contributed by atoms with Crippen LogP contribution in [0.4, 0.5) is 8.78 Å². The van der Waals surface area contributed by atoms with Crippen LogP contribution in [-0.4, -0.2) is 38.8 Å². The topological polar surface area (TPSA) is 90.3 Å². The van der Waals surface area contributed by atoms with Crippen molar-refractivity contribution in [2.45, 2.75) is 11.3 Å². The quantitative estimate of drug-likeness (QED) is 0.777. The fourth-order valence-corrected chi connectivity index (χ4v) is 3.45. The van der Waals surface area contributed by atoms with Gasteiger partial charge in [0.15, 0.2) is 0 Å². The summed E-state index contributed by atoms with van der Waals surface area (Å²) in [4.78, 5) is 11.9. The number of likely N-dealkylation sites (N-methyl/N-ethyl adjacent to an activating group) is 1. The molecular weight excluding hydrogens is 376 g/mol. The first kappa shape index (κ1) is 20.5. The molecule has 1 N–H and O–H groups in total. The fourth-order valence-electron chi connectivity index (χ4n) is 2.33. The number of carbonyl (C=O) groups is 1. The highest BCUT2D eigenvalue weighted by atomic mass is 32.2. The second kappa shape index (κ2) is 8.70. The lowest BCUT2D eigenvalue weighted by atomic mass is 10.1. The Morgan fingerprint density at radius 1 is 1.15 bits per heavy atom. The van der Waals surface area contributed by atoms with Gasteiger partial charge in [-0.1, -0.05) is 0 Å². The molecule has 0 aliphatic carbocycles. The van der Waals surface area contributed by atoms with Gasteiger partial charge in [-0.05, 0) is 48.4 Å². The van der Waals surface area contributed by atoms with Crippen LogP contribution in [-0.2, 0) is 21.2 Å². The van der Waals surface area contributed by atoms with Gasteiger partial charge in [0.05, 0.1) is 23.1 Å². The number of hydrogen-bond acceptors (Lipinski definition) is 4. The molecule has 0 saturated heterocycles. The van der Waals surface area contributed by atoms with Crippen LogP contribution in [0.15, 0.2) is 47.4 Å². The zero-order valence-electron chi connectivity index (χ0n) is 14.4. The van der Waals surface area contributed by atoms with Gasteiger partial charge in [-0.15, -0.1) is 0 Å². The van der Waals surface area contributed by atoms with Gasteiger partial charge in [-0.3, -0.25) is 4.79 Å². The van der Waals surface area contributed by atoms with Crippen LogP contribution in [0, 0.1) is 23.0 Å². The number of nitriles is 1. The molecular formula is C18H17F2N3O3S. The third kappa shape index (κ3) is 5.57. The molecule has 0 bridgehead atoms. The van der Waals surface area contributed by atoms with Gasteiger partial charge in [0, 0.05) is 19.7 Å². The van der Waals surface area contributed by atoms with E-state index in [1.54, 1.807) is 0 Å². The Kier molecular flexibility index (Phi) is 6.60. The Morgan fingerprint density at radius 2 is 1.74 bits per heavy atom. The van der Waals surface area contributed by atoms with E-state index < -0.39 is 34.1 Å². The third-order valence-electron chi connectivity index (χ3n) is 3.72. The van der Waals surface area contributed by atoms with Crippen LogP contribution >= 0.6 is 0 Å². The first-order valence-corrected chi connectivity index (χ1v) is 9.34. The Morgan fingerprint density at radius 3 is 2.30 bits per heavy atom. The van der Waals surface area contributed by atoms with Crippen LogP contribution in [0.5, 0.6) is 0 Å². The highest BCUT2D eigenvalue weighted by molar-refractivity contribution is 7.89. The second-order valence-electron chi connectivity index (χ2n) is 5.77. The Balaban J connectivity index is 1.91. The van der Waals surface area contributed by atoms with Crippen molar-refractivity contribution in [3.63, 3.8) is 0 Å². The summed E-state index contributed by atoms with van der Waals surface area (Å²) in [7, 11) is -2.62. The number of benzene rings is 2. The number of amides is 1. The third-order valence-corrected chi connectivity index (χ3v) is 5.53. The smallest absolute Gasteiger partial charge is 0.243 e. The van der Waals surface area contributed by atoms with E-state index in [1.165, 1.54) is 31.3 Å². The predicted octanol–water partition coefficient (Wildman–Crippen LogP) is 1.82. The summed E-state index contributed by atoms with van der Waals surface area (Å²) in [5.74, 6) is -1.96. The standard InChI is InChI=1S/C18H17F2N3O3S/c1-23(27(25,26)17-4-2-13(11-21)3-5-17)12-18(24)22-7-6-14-8-15(19)10-16(20)9-14/h2-5,8-10H,6-7,12H2,1H3,(H,22,24). The van der Waals surface area contributed by atoms with Crippen molar-refractivity contribution in [1.29, 1.82) is 5.26 Å². The first-order chi connectivity index (χ1) is 12.7. The molecule has 0 spiro atoms. The lowest BCUT2D eigenvalue weighted by Crippen LogP contribution is -2.39. The number of halogens is 2. The van der Waals surface area contributed by atoms with Crippen LogP contribution < -0.4 is 5.32 Å². The van der Waals surface area contributed by atoms with Gasteiger partial charge >= 0.3 is 0 Å². The molecule has 2 aromatic rings. The van der Waals surface area contributed by atoms with Crippen LogP contribution in [0.3, 0.4) is 0 Å². The zero-order valence-corrected chi connectivity index (χ0v) is 15.3. The second-order valence-corrected chi connectivity index (χ2v) is 7.82. The molecule has 6 nitrogen and oxygen atoms in total. The van der Waals surface area contributed by atoms with Gasteiger partial charge in [0.25, 0.3) is 0 Å². The first-order valence-electron chi connectivity index (χ1n) is 7.90. The molecule has 142 valence electrons. The fraction of sp³-hybridized carbons (Fsp3) is 0.222. The minimum atomic E-state index is -3.88. The molecule has 1 amide bonds. The van der Waals surface area contributed by atoms with E-state index in [4.69, 9.17) is 5.26 Å². The molecule has 0 saturated carbocycles. The maximum absolute atomic E-state index is 13.1. The molecule has 0 aliphatic rings. The van der Waals surface area contributed by atoms with Crippen molar-refractivity contribution in [2.24, 2.45) is 0 Å². The lowest BCUT2D eigenvalue weighted by Gasteiger charge is -2.17. The predicted molar refractivity (Wildman–Crippen MR) is 94.0 cm³/mol. The molecule has 0 radical (unpaired) electrons. The minimum absolute atomic E-state index is 0.0352. The van der Waals surface area contributed by atoms with Crippen molar-refractivity contribution >= 4 is 15.9 Å². The maximum atomic E-state index is 13.1. The molecule has 2 aromatic carbocycles. The van der Waals surface area contributed by atoms with Crippen molar-refractivity contribution in [1.82, 2.24) is 9.62 Å². The van der Waals surface area contributed by atoms with Gasteiger partial charge in [0.1, 0.15) is 11.6 Å². The maximum Gasteiger partial charge on any atom is 0.243 e. The van der Waals surface area contributed by atoms with Crippen LogP contribution in [0.25, 0.3) is 0 Å². The Labute approximate surface area is 156 Å². The number of sulfonamides is 1. The highest BCUT2D eigenvalue weighted by Crippen LogP contribution is 2.14. The monoisotopic (exact) mass is 393 g/mol. The van der Waals surface area contributed by atoms with E-state index >= 15 is 0 Å². The van der Waals surface area contributed by atoms with Crippen molar-refractivity contribution < 1.29 is 22.0 Å². The summed E-state index contributed by atoms with van der Waals surface area (Å²) in [5.41, 5.74) is 0.703. The number of carbonyl (C=O) groups excluding carboxylic acids is 1. The summed E-state index contributed by atoms with van der Waals surface area (Å²) in [6.45, 7) is -0.313. The molecule has 0 atom stereocenters. The normalized spacial score (nSPS) is 11.2. The zero-order chi connectivity index (χ0) is 20.0. The average molecular weight is 393 g/mol. The lowest BCUT2D eigenvalue weighted by molar-refractivity contribution is -0.121. The SMILES string of the molecule is CN(CC(=O)NCCc1cc(F)cc(F)c1)S(=O)(=O)c1ccc(C#N)cc1. The van der Waals surface area contributed by atoms with Gasteiger partial charge < -0.3 is 5.32 Å². The summed E-state index contributed by atoms with van der Waals surface area (Å²) in [6, 6.07) is 10.3. The minimum Gasteiger partial charge on any atom is -0.355 e. The van der Waals surface area contributed by atoms with Gasteiger partial charge in [-0.2, -0.15) is 9.57 Å². The average Bonchev–Trinajstić information content (AvgIpc) is 2.60. The number of nitrogens with zero attached hydrogens (tertiary/aromatic N) is 2. The van der Waals surface area contributed by atoms with E-state index in [-0.39, 0.29) is 17.9 Å². The molecule has 2 rings (SSSR count). The molecule has 9 heteroatoms. The number of rotatable bonds is 7. The summed E-state index contributed by atoms with van der Waals surface area (Å²) >= 11 is 0. The van der Waals surface area contributed by atoms with Crippen molar-refractivity contribution in [3.05, 3.63) is 65.2 Å². The number of hydrogen-bond donors (Lipinski definition) is 1. The summed E-state index contributed by atoms with van der Waals surface area (Å²) in [5, 5.41) is 11.3. The highest BCUT2D eigenvalue weighted by Gasteiger charge is 2.22. The van der Waals surface area contributed by atoms with E-state index in [9.17, 15) is 22.0 Å². The van der Waals surface area contributed by atoms with E-state index in [1.807, 2.05) is 6.07 Å². The van der Waals surface area contributed by atoms with Crippen molar-refractivity contribution in [3.8, 4) is 6.07 Å². The number of nitrogens with one attached hydrogen (secondary N) is 1. The molecule has 0 aliphatic heterocycles. The van der Waals surface area contributed by atoms with Gasteiger partial charge in [-0.25, -0.2) is 17.2 Å². The van der Waals surface area contributed by atoms with Gasteiger partial charge in [0.2, 0.25) is 15.9 Å². The summed E-state index contributed by atoms with van der Waals surface area (Å²) in [6.07, 6.45) is 0.201. The molecule has 0 heterocycles. The summed E-state index contributed by atoms with van der Waals surface area (Å²) < 4.78 is 51.9. The van der Waals surface area contributed by atoms with E-state index in [2.05, 4.69) is 5.32 Å². The Bertz CT molecular complexity index is 950. The molecule has 0 fully saturated rings. The molecule has 0 aromatic heterocycles. The van der Waals surface area contributed by atoms with E-state index in [0.717, 1.165) is 22.5 Å². The Hall–Kier alpha value is -2.83.